The Kier molecular flexibility index (Phi) is 6.39. The number of nitrogens with zero attached hydrogens (tertiary/aromatic N) is 4. The number of hydrogen-bond donors (Lipinski definition) is 0. The van der Waals surface area contributed by atoms with E-state index in [0.29, 0.717) is 0 Å². The van der Waals surface area contributed by atoms with Gasteiger partial charge in [-0.25, -0.2) is 9.37 Å². The highest BCUT2D eigenvalue weighted by Crippen LogP contribution is 2.34. The van der Waals surface area contributed by atoms with Gasteiger partial charge in [0.15, 0.2) is 0 Å². The first-order valence-corrected chi connectivity index (χ1v) is 12.8. The Morgan fingerprint density at radius 3 is 2.11 bits per heavy atom. The highest BCUT2D eigenvalue weighted by molar-refractivity contribution is 5.72. The first-order chi connectivity index (χ1) is 17.7. The van der Waals surface area contributed by atoms with E-state index in [2.05, 4.69) is 81.4 Å². The molecule has 0 atom stereocenters. The van der Waals surface area contributed by atoms with E-state index in [-0.39, 0.29) is 5.82 Å². The van der Waals surface area contributed by atoms with Crippen LogP contribution in [0, 0.1) is 5.82 Å². The largest absolute Gasteiger partial charge is 0.368 e. The molecule has 0 aliphatic carbocycles. The van der Waals surface area contributed by atoms with E-state index in [4.69, 9.17) is 4.98 Å². The van der Waals surface area contributed by atoms with Crippen LogP contribution >= 0.6 is 0 Å². The number of halogens is 1. The van der Waals surface area contributed by atoms with Crippen LogP contribution in [0.25, 0.3) is 11.1 Å². The Bertz CT molecular complexity index is 1300. The number of anilines is 2. The molecule has 2 aliphatic heterocycles. The van der Waals surface area contributed by atoms with Gasteiger partial charge in [-0.2, -0.15) is 0 Å². The molecular formula is C31H31FN4. The van der Waals surface area contributed by atoms with Gasteiger partial charge in [-0.1, -0.05) is 60.7 Å². The third-order valence-corrected chi connectivity index (χ3v) is 7.37. The van der Waals surface area contributed by atoms with Crippen molar-refractivity contribution in [3.8, 4) is 11.1 Å². The molecule has 6 rings (SSSR count). The van der Waals surface area contributed by atoms with E-state index in [9.17, 15) is 4.39 Å². The van der Waals surface area contributed by atoms with Gasteiger partial charge in [-0.05, 0) is 52.6 Å². The second-order valence-electron chi connectivity index (χ2n) is 9.72. The second kappa shape index (κ2) is 10.1. The third-order valence-electron chi connectivity index (χ3n) is 7.37. The Balaban J connectivity index is 1.28. The van der Waals surface area contributed by atoms with Gasteiger partial charge in [0.1, 0.15) is 11.6 Å². The van der Waals surface area contributed by atoms with Crippen molar-refractivity contribution in [1.29, 1.82) is 0 Å². The molecule has 4 nitrogen and oxygen atoms in total. The lowest BCUT2D eigenvalue weighted by Gasteiger charge is -2.38. The zero-order chi connectivity index (χ0) is 24.3. The number of rotatable bonds is 5. The SMILES string of the molecule is Fc1ccc(-c2cc(N3CCN(c4ccccc4)CC3)nc3c2CN(Cc2ccccc2)CC3)cc1. The van der Waals surface area contributed by atoms with Crippen LogP contribution in [0.5, 0.6) is 0 Å². The average Bonchev–Trinajstić information content (AvgIpc) is 2.94. The molecule has 0 unspecified atom stereocenters. The summed E-state index contributed by atoms with van der Waals surface area (Å²) in [6, 6.07) is 30.4. The first-order valence-electron chi connectivity index (χ1n) is 12.8. The summed E-state index contributed by atoms with van der Waals surface area (Å²) in [6.07, 6.45) is 0.925. The minimum atomic E-state index is -0.204. The fourth-order valence-electron chi connectivity index (χ4n) is 5.42. The molecule has 36 heavy (non-hydrogen) atoms. The normalized spacial score (nSPS) is 16.1. The molecular weight excluding hydrogens is 447 g/mol. The summed E-state index contributed by atoms with van der Waals surface area (Å²) >= 11 is 0. The molecule has 3 heterocycles. The van der Waals surface area contributed by atoms with Gasteiger partial charge in [-0.3, -0.25) is 4.90 Å². The van der Waals surface area contributed by atoms with Crippen molar-refractivity contribution < 1.29 is 4.39 Å². The number of para-hydroxylation sites is 1. The number of hydrogen-bond acceptors (Lipinski definition) is 4. The third kappa shape index (κ3) is 4.84. The Hall–Kier alpha value is -3.70. The van der Waals surface area contributed by atoms with Gasteiger partial charge in [0.2, 0.25) is 0 Å². The van der Waals surface area contributed by atoms with Gasteiger partial charge in [0, 0.05) is 63.6 Å². The average molecular weight is 479 g/mol. The quantitative estimate of drug-likeness (QED) is 0.363. The van der Waals surface area contributed by atoms with Crippen molar-refractivity contribution in [2.45, 2.75) is 19.5 Å². The predicted molar refractivity (Wildman–Crippen MR) is 145 cm³/mol. The monoisotopic (exact) mass is 478 g/mol. The predicted octanol–water partition coefficient (Wildman–Crippen LogP) is 5.77. The van der Waals surface area contributed by atoms with Crippen molar-refractivity contribution in [3.63, 3.8) is 0 Å². The number of piperazine rings is 1. The lowest BCUT2D eigenvalue weighted by molar-refractivity contribution is 0.244. The van der Waals surface area contributed by atoms with Crippen LogP contribution in [0.3, 0.4) is 0 Å². The van der Waals surface area contributed by atoms with E-state index >= 15 is 0 Å². The van der Waals surface area contributed by atoms with Crippen LogP contribution in [-0.4, -0.2) is 42.6 Å². The maximum atomic E-state index is 13.8. The van der Waals surface area contributed by atoms with Crippen molar-refractivity contribution in [2.24, 2.45) is 0 Å². The first kappa shape index (κ1) is 22.7. The van der Waals surface area contributed by atoms with Crippen LogP contribution in [0.4, 0.5) is 15.9 Å². The molecule has 0 bridgehead atoms. The van der Waals surface area contributed by atoms with E-state index in [1.165, 1.54) is 28.1 Å². The summed E-state index contributed by atoms with van der Waals surface area (Å²) in [6.45, 7) is 6.58. The molecule has 4 aromatic rings. The van der Waals surface area contributed by atoms with Crippen molar-refractivity contribution in [1.82, 2.24) is 9.88 Å². The molecule has 1 fully saturated rings. The van der Waals surface area contributed by atoms with Crippen molar-refractivity contribution in [2.75, 3.05) is 42.5 Å². The molecule has 182 valence electrons. The fraction of sp³-hybridized carbons (Fsp3) is 0.258. The lowest BCUT2D eigenvalue weighted by atomic mass is 9.94. The van der Waals surface area contributed by atoms with E-state index < -0.39 is 0 Å². The Labute approximate surface area is 212 Å². The molecule has 0 spiro atoms. The smallest absolute Gasteiger partial charge is 0.129 e. The molecule has 2 aliphatic rings. The highest BCUT2D eigenvalue weighted by atomic mass is 19.1. The molecule has 1 aromatic heterocycles. The van der Waals surface area contributed by atoms with Crippen molar-refractivity contribution >= 4 is 11.5 Å². The van der Waals surface area contributed by atoms with Crippen LogP contribution in [0.15, 0.2) is 91.0 Å². The summed E-state index contributed by atoms with van der Waals surface area (Å²) in [5.74, 6) is 0.835. The Morgan fingerprint density at radius 1 is 0.722 bits per heavy atom. The summed E-state index contributed by atoms with van der Waals surface area (Å²) in [4.78, 5) is 12.5. The summed E-state index contributed by atoms with van der Waals surface area (Å²) < 4.78 is 13.8. The number of pyridine rings is 1. The van der Waals surface area contributed by atoms with E-state index in [0.717, 1.165) is 63.6 Å². The highest BCUT2D eigenvalue weighted by Gasteiger charge is 2.25. The van der Waals surface area contributed by atoms with E-state index in [1.54, 1.807) is 12.1 Å². The maximum Gasteiger partial charge on any atom is 0.129 e. The standard InChI is InChI=1S/C31H31FN4/c32-26-13-11-25(12-14-26)28-21-31(36-19-17-35(18-20-36)27-9-5-2-6-10-27)33-30-15-16-34(23-29(28)30)22-24-7-3-1-4-8-24/h1-14,21H,15-20,22-23H2. The zero-order valence-electron chi connectivity index (χ0n) is 20.5. The second-order valence-corrected chi connectivity index (χ2v) is 9.72. The molecule has 0 N–H and O–H groups in total. The Morgan fingerprint density at radius 2 is 1.39 bits per heavy atom. The zero-order valence-corrected chi connectivity index (χ0v) is 20.5. The molecule has 1 saturated heterocycles. The molecule has 3 aromatic carbocycles. The molecule has 0 radical (unpaired) electrons. The van der Waals surface area contributed by atoms with Crippen LogP contribution in [-0.2, 0) is 19.5 Å². The summed E-state index contributed by atoms with van der Waals surface area (Å²) in [5, 5.41) is 0. The van der Waals surface area contributed by atoms with Gasteiger partial charge < -0.3 is 9.80 Å². The van der Waals surface area contributed by atoms with Crippen LogP contribution < -0.4 is 9.80 Å². The summed E-state index contributed by atoms with van der Waals surface area (Å²) in [5.41, 5.74) is 7.29. The van der Waals surface area contributed by atoms with Gasteiger partial charge >= 0.3 is 0 Å². The number of benzene rings is 3. The minimum absolute atomic E-state index is 0.204. The minimum Gasteiger partial charge on any atom is -0.368 e. The summed E-state index contributed by atoms with van der Waals surface area (Å²) in [7, 11) is 0. The van der Waals surface area contributed by atoms with Gasteiger partial charge in [0.05, 0.1) is 0 Å². The van der Waals surface area contributed by atoms with E-state index in [1.807, 2.05) is 12.1 Å². The number of fused-ring (bicyclic) bond motifs is 1. The maximum absolute atomic E-state index is 13.8. The fourth-order valence-corrected chi connectivity index (χ4v) is 5.42. The van der Waals surface area contributed by atoms with Gasteiger partial charge in [-0.15, -0.1) is 0 Å². The molecule has 0 amide bonds. The van der Waals surface area contributed by atoms with Crippen LogP contribution in [0.1, 0.15) is 16.8 Å². The van der Waals surface area contributed by atoms with Crippen molar-refractivity contribution in [3.05, 3.63) is 114 Å². The van der Waals surface area contributed by atoms with Gasteiger partial charge in [0.25, 0.3) is 0 Å². The topological polar surface area (TPSA) is 22.6 Å². The molecule has 5 heteroatoms. The molecule has 0 saturated carbocycles. The number of aromatic nitrogens is 1. The lowest BCUT2D eigenvalue weighted by Crippen LogP contribution is -2.47. The van der Waals surface area contributed by atoms with Crippen LogP contribution in [0.2, 0.25) is 0 Å².